The monoisotopic (exact) mass is 249 g/mol. The van der Waals surface area contributed by atoms with Gasteiger partial charge >= 0.3 is 0 Å². The van der Waals surface area contributed by atoms with Crippen molar-refractivity contribution in [2.45, 2.75) is 26.4 Å². The molecule has 2 heterocycles. The van der Waals surface area contributed by atoms with Gasteiger partial charge in [-0.1, -0.05) is 5.16 Å². The summed E-state index contributed by atoms with van der Waals surface area (Å²) in [7, 11) is 0. The molecule has 18 heavy (non-hydrogen) atoms. The Bertz CT molecular complexity index is 563. The molecule has 1 atom stereocenters. The SMILES string of the molecule is Cc1noc2ncc(C(=O)NCCC(C)O)cc12. The molecule has 1 unspecified atom stereocenters. The summed E-state index contributed by atoms with van der Waals surface area (Å²) in [4.78, 5) is 15.8. The van der Waals surface area contributed by atoms with Crippen LogP contribution >= 0.6 is 0 Å². The molecule has 0 aliphatic heterocycles. The molecule has 2 rings (SSSR count). The number of nitrogens with zero attached hydrogens (tertiary/aromatic N) is 2. The number of fused-ring (bicyclic) bond motifs is 1. The second-order valence-corrected chi connectivity index (χ2v) is 4.24. The highest BCUT2D eigenvalue weighted by Crippen LogP contribution is 2.16. The highest BCUT2D eigenvalue weighted by Gasteiger charge is 2.11. The Kier molecular flexibility index (Phi) is 3.57. The number of hydrogen-bond donors (Lipinski definition) is 2. The lowest BCUT2D eigenvalue weighted by molar-refractivity contribution is 0.0945. The molecule has 0 bridgehead atoms. The van der Waals surface area contributed by atoms with E-state index in [1.165, 1.54) is 6.20 Å². The van der Waals surface area contributed by atoms with Crippen LogP contribution in [0.25, 0.3) is 11.1 Å². The van der Waals surface area contributed by atoms with E-state index >= 15 is 0 Å². The van der Waals surface area contributed by atoms with Gasteiger partial charge in [0.25, 0.3) is 11.6 Å². The van der Waals surface area contributed by atoms with E-state index in [9.17, 15) is 4.79 Å². The van der Waals surface area contributed by atoms with Gasteiger partial charge in [-0.05, 0) is 26.3 Å². The van der Waals surface area contributed by atoms with E-state index in [0.29, 0.717) is 29.9 Å². The maximum Gasteiger partial charge on any atom is 0.257 e. The number of rotatable bonds is 4. The zero-order valence-corrected chi connectivity index (χ0v) is 10.3. The van der Waals surface area contributed by atoms with E-state index < -0.39 is 6.10 Å². The highest BCUT2D eigenvalue weighted by atomic mass is 16.5. The zero-order valence-electron chi connectivity index (χ0n) is 10.3. The van der Waals surface area contributed by atoms with Crippen molar-refractivity contribution in [2.24, 2.45) is 0 Å². The summed E-state index contributed by atoms with van der Waals surface area (Å²) in [5.41, 5.74) is 1.59. The maximum absolute atomic E-state index is 11.8. The number of nitrogens with one attached hydrogen (secondary N) is 1. The normalized spacial score (nSPS) is 12.6. The average molecular weight is 249 g/mol. The summed E-state index contributed by atoms with van der Waals surface area (Å²) in [6, 6.07) is 1.70. The predicted octanol–water partition coefficient (Wildman–Crippen LogP) is 1.03. The summed E-state index contributed by atoms with van der Waals surface area (Å²) in [5.74, 6) is -0.217. The number of aromatic nitrogens is 2. The largest absolute Gasteiger partial charge is 0.393 e. The van der Waals surface area contributed by atoms with Crippen LogP contribution in [0.2, 0.25) is 0 Å². The molecular formula is C12H15N3O3. The second kappa shape index (κ2) is 5.14. The van der Waals surface area contributed by atoms with E-state index in [0.717, 1.165) is 5.39 Å². The van der Waals surface area contributed by atoms with Gasteiger partial charge in [0.15, 0.2) is 0 Å². The summed E-state index contributed by atoms with van der Waals surface area (Å²) in [5, 5.41) is 16.3. The predicted molar refractivity (Wildman–Crippen MR) is 65.2 cm³/mol. The molecule has 0 radical (unpaired) electrons. The standard InChI is InChI=1S/C12H15N3O3/c1-7(16)3-4-13-11(17)9-5-10-8(2)15-18-12(10)14-6-9/h5-7,16H,3-4H2,1-2H3,(H,13,17). The van der Waals surface area contributed by atoms with Gasteiger partial charge in [0.05, 0.1) is 22.7 Å². The van der Waals surface area contributed by atoms with Gasteiger partial charge < -0.3 is 14.9 Å². The third-order valence-corrected chi connectivity index (χ3v) is 2.62. The van der Waals surface area contributed by atoms with E-state index in [4.69, 9.17) is 9.63 Å². The van der Waals surface area contributed by atoms with Crippen LogP contribution in [0.4, 0.5) is 0 Å². The molecule has 2 N–H and O–H groups in total. The fraction of sp³-hybridized carbons (Fsp3) is 0.417. The minimum absolute atomic E-state index is 0.217. The van der Waals surface area contributed by atoms with Crippen LogP contribution in [0, 0.1) is 6.92 Å². The van der Waals surface area contributed by atoms with Gasteiger partial charge in [-0.15, -0.1) is 0 Å². The van der Waals surface area contributed by atoms with E-state index in [2.05, 4.69) is 15.5 Å². The molecule has 2 aromatic rings. The highest BCUT2D eigenvalue weighted by molar-refractivity contribution is 5.96. The minimum atomic E-state index is -0.425. The summed E-state index contributed by atoms with van der Waals surface area (Å²) in [6.07, 6.45) is 1.55. The van der Waals surface area contributed by atoms with E-state index in [-0.39, 0.29) is 5.91 Å². The summed E-state index contributed by atoms with van der Waals surface area (Å²) < 4.78 is 4.97. The molecule has 6 heteroatoms. The molecule has 0 aliphatic carbocycles. The fourth-order valence-corrected chi connectivity index (χ4v) is 1.57. The fourth-order valence-electron chi connectivity index (χ4n) is 1.57. The Hall–Kier alpha value is -1.95. The van der Waals surface area contributed by atoms with Gasteiger partial charge in [-0.3, -0.25) is 4.79 Å². The summed E-state index contributed by atoms with van der Waals surface area (Å²) >= 11 is 0. The van der Waals surface area contributed by atoms with Gasteiger partial charge in [0.1, 0.15) is 0 Å². The first-order valence-corrected chi connectivity index (χ1v) is 5.76. The third-order valence-electron chi connectivity index (χ3n) is 2.62. The number of aliphatic hydroxyl groups excluding tert-OH is 1. The molecule has 0 aliphatic rings. The van der Waals surface area contributed by atoms with Crippen molar-refractivity contribution < 1.29 is 14.4 Å². The zero-order chi connectivity index (χ0) is 13.1. The lowest BCUT2D eigenvalue weighted by Gasteiger charge is -2.06. The molecule has 96 valence electrons. The molecule has 1 amide bonds. The Labute approximate surface area is 104 Å². The number of hydrogen-bond acceptors (Lipinski definition) is 5. The van der Waals surface area contributed by atoms with Crippen molar-refractivity contribution in [1.82, 2.24) is 15.5 Å². The first-order chi connectivity index (χ1) is 8.58. The third kappa shape index (κ3) is 2.65. The lowest BCUT2D eigenvalue weighted by atomic mass is 10.2. The van der Waals surface area contributed by atoms with Crippen LogP contribution < -0.4 is 5.32 Å². The number of aliphatic hydroxyl groups is 1. The second-order valence-electron chi connectivity index (χ2n) is 4.24. The number of carbonyl (C=O) groups excluding carboxylic acids is 1. The topological polar surface area (TPSA) is 88.2 Å². The van der Waals surface area contributed by atoms with E-state index in [1.54, 1.807) is 19.9 Å². The molecule has 0 saturated carbocycles. The first-order valence-electron chi connectivity index (χ1n) is 5.76. The van der Waals surface area contributed by atoms with Crippen molar-refractivity contribution in [3.63, 3.8) is 0 Å². The van der Waals surface area contributed by atoms with Crippen molar-refractivity contribution in [2.75, 3.05) is 6.54 Å². The first kappa shape index (κ1) is 12.5. The molecule has 2 aromatic heterocycles. The number of pyridine rings is 1. The quantitative estimate of drug-likeness (QED) is 0.845. The van der Waals surface area contributed by atoms with Crippen LogP contribution in [0.3, 0.4) is 0 Å². The summed E-state index contributed by atoms with van der Waals surface area (Å²) in [6.45, 7) is 3.90. The Morgan fingerprint density at radius 1 is 1.61 bits per heavy atom. The molecule has 0 fully saturated rings. The Morgan fingerprint density at radius 3 is 3.11 bits per heavy atom. The number of aryl methyl sites for hydroxylation is 1. The Balaban J connectivity index is 2.10. The minimum Gasteiger partial charge on any atom is -0.393 e. The van der Waals surface area contributed by atoms with Gasteiger partial charge in [-0.25, -0.2) is 4.98 Å². The molecule has 6 nitrogen and oxygen atoms in total. The van der Waals surface area contributed by atoms with Crippen LogP contribution in [0.15, 0.2) is 16.8 Å². The van der Waals surface area contributed by atoms with Gasteiger partial charge in [0.2, 0.25) is 0 Å². The average Bonchev–Trinajstić information content (AvgIpc) is 2.70. The van der Waals surface area contributed by atoms with Crippen molar-refractivity contribution in [3.8, 4) is 0 Å². The number of carbonyl (C=O) groups is 1. The van der Waals surface area contributed by atoms with Crippen LogP contribution in [0.1, 0.15) is 29.4 Å². The van der Waals surface area contributed by atoms with Crippen molar-refractivity contribution in [1.29, 1.82) is 0 Å². The smallest absolute Gasteiger partial charge is 0.257 e. The van der Waals surface area contributed by atoms with Crippen LogP contribution in [-0.4, -0.2) is 33.8 Å². The molecular weight excluding hydrogens is 234 g/mol. The van der Waals surface area contributed by atoms with Gasteiger partial charge in [0, 0.05) is 12.7 Å². The Morgan fingerprint density at radius 2 is 2.39 bits per heavy atom. The van der Waals surface area contributed by atoms with Crippen LogP contribution in [0.5, 0.6) is 0 Å². The van der Waals surface area contributed by atoms with Crippen molar-refractivity contribution in [3.05, 3.63) is 23.5 Å². The maximum atomic E-state index is 11.8. The lowest BCUT2D eigenvalue weighted by Crippen LogP contribution is -2.26. The molecule has 0 saturated heterocycles. The number of amides is 1. The van der Waals surface area contributed by atoms with Crippen molar-refractivity contribution >= 4 is 17.0 Å². The van der Waals surface area contributed by atoms with Crippen LogP contribution in [-0.2, 0) is 0 Å². The van der Waals surface area contributed by atoms with Gasteiger partial charge in [-0.2, -0.15) is 0 Å². The molecule has 0 spiro atoms. The van der Waals surface area contributed by atoms with E-state index in [1.807, 2.05) is 0 Å². The molecule has 0 aromatic carbocycles.